The van der Waals surface area contributed by atoms with Gasteiger partial charge in [0.2, 0.25) is 17.7 Å². The van der Waals surface area contributed by atoms with Gasteiger partial charge < -0.3 is 15.2 Å². The van der Waals surface area contributed by atoms with Gasteiger partial charge in [0.05, 0.1) is 13.2 Å². The van der Waals surface area contributed by atoms with Gasteiger partial charge in [0, 0.05) is 5.02 Å². The Balaban J connectivity index is 2.39. The fourth-order valence-electron chi connectivity index (χ4n) is 1.74. The summed E-state index contributed by atoms with van der Waals surface area (Å²) in [6.45, 7) is 3.83. The molecule has 0 bridgehead atoms. The van der Waals surface area contributed by atoms with Crippen LogP contribution in [-0.4, -0.2) is 17.1 Å². The van der Waals surface area contributed by atoms with Gasteiger partial charge in [-0.2, -0.15) is 9.97 Å². The molecule has 0 amide bonds. The van der Waals surface area contributed by atoms with Crippen molar-refractivity contribution < 1.29 is 9.47 Å². The maximum atomic E-state index is 5.98. The average Bonchev–Trinajstić information content (AvgIpc) is 2.33. The SMILES string of the molecule is COc1cc(Oc2c(C)cc(Cl)cc2C)nc(N)n1. The van der Waals surface area contributed by atoms with Crippen molar-refractivity contribution in [2.75, 3.05) is 12.8 Å². The Morgan fingerprint density at radius 2 is 1.63 bits per heavy atom. The van der Waals surface area contributed by atoms with Gasteiger partial charge in [0.25, 0.3) is 0 Å². The summed E-state index contributed by atoms with van der Waals surface area (Å²) >= 11 is 5.98. The molecule has 0 aliphatic heterocycles. The molecular weight excluding hydrogens is 266 g/mol. The lowest BCUT2D eigenvalue weighted by Crippen LogP contribution is -2.00. The van der Waals surface area contributed by atoms with Gasteiger partial charge in [-0.05, 0) is 37.1 Å². The molecule has 0 aliphatic carbocycles. The first-order chi connectivity index (χ1) is 8.99. The average molecular weight is 280 g/mol. The lowest BCUT2D eigenvalue weighted by Gasteiger charge is -2.12. The van der Waals surface area contributed by atoms with E-state index in [1.165, 1.54) is 7.11 Å². The van der Waals surface area contributed by atoms with E-state index in [4.69, 9.17) is 26.8 Å². The van der Waals surface area contributed by atoms with Crippen LogP contribution in [-0.2, 0) is 0 Å². The number of halogens is 1. The highest BCUT2D eigenvalue weighted by Gasteiger charge is 2.10. The number of anilines is 1. The van der Waals surface area contributed by atoms with E-state index >= 15 is 0 Å². The summed E-state index contributed by atoms with van der Waals surface area (Å²) in [5, 5.41) is 0.669. The number of methoxy groups -OCH3 is 1. The minimum absolute atomic E-state index is 0.0959. The number of hydrogen-bond donors (Lipinski definition) is 1. The molecule has 1 aromatic heterocycles. The summed E-state index contributed by atoms with van der Waals surface area (Å²) in [7, 11) is 1.50. The fourth-order valence-corrected chi connectivity index (χ4v) is 2.07. The largest absolute Gasteiger partial charge is 0.481 e. The van der Waals surface area contributed by atoms with Crippen LogP contribution in [0.25, 0.3) is 0 Å². The molecule has 0 atom stereocenters. The van der Waals surface area contributed by atoms with Gasteiger partial charge in [0.1, 0.15) is 5.75 Å². The Labute approximate surface area is 116 Å². The van der Waals surface area contributed by atoms with Crippen LogP contribution < -0.4 is 15.2 Å². The number of hydrogen-bond acceptors (Lipinski definition) is 5. The van der Waals surface area contributed by atoms with Crippen LogP contribution in [0.3, 0.4) is 0 Å². The number of ether oxygens (including phenoxy) is 2. The molecule has 0 fully saturated rings. The Morgan fingerprint density at radius 1 is 1.05 bits per heavy atom. The Bertz CT molecular complexity index is 594. The predicted octanol–water partition coefficient (Wildman–Crippen LogP) is 3.13. The van der Waals surface area contributed by atoms with E-state index in [-0.39, 0.29) is 5.95 Å². The molecule has 1 aromatic carbocycles. The van der Waals surface area contributed by atoms with E-state index in [0.717, 1.165) is 11.1 Å². The third-order valence-corrected chi connectivity index (χ3v) is 2.76. The number of nitrogens with two attached hydrogens (primary N) is 1. The number of nitrogens with zero attached hydrogens (tertiary/aromatic N) is 2. The maximum Gasteiger partial charge on any atom is 0.227 e. The monoisotopic (exact) mass is 279 g/mol. The van der Waals surface area contributed by atoms with Crippen LogP contribution in [0.1, 0.15) is 11.1 Å². The van der Waals surface area contributed by atoms with Crippen LogP contribution in [0, 0.1) is 13.8 Å². The second-order valence-electron chi connectivity index (χ2n) is 4.08. The van der Waals surface area contributed by atoms with Crippen molar-refractivity contribution in [3.05, 3.63) is 34.3 Å². The molecule has 5 nitrogen and oxygen atoms in total. The van der Waals surface area contributed by atoms with Crippen LogP contribution in [0.15, 0.2) is 18.2 Å². The molecule has 6 heteroatoms. The van der Waals surface area contributed by atoms with Crippen LogP contribution in [0.5, 0.6) is 17.5 Å². The van der Waals surface area contributed by atoms with Crippen molar-refractivity contribution in [2.45, 2.75) is 13.8 Å². The zero-order valence-corrected chi connectivity index (χ0v) is 11.7. The van der Waals surface area contributed by atoms with E-state index in [0.29, 0.717) is 22.5 Å². The molecule has 19 heavy (non-hydrogen) atoms. The van der Waals surface area contributed by atoms with Crippen molar-refractivity contribution in [3.63, 3.8) is 0 Å². The van der Waals surface area contributed by atoms with Gasteiger partial charge in [-0.1, -0.05) is 11.6 Å². The lowest BCUT2D eigenvalue weighted by molar-refractivity contribution is 0.388. The van der Waals surface area contributed by atoms with E-state index in [1.807, 2.05) is 26.0 Å². The fraction of sp³-hybridized carbons (Fsp3) is 0.231. The summed E-state index contributed by atoms with van der Waals surface area (Å²) in [4.78, 5) is 7.91. The summed E-state index contributed by atoms with van der Waals surface area (Å²) < 4.78 is 10.8. The Morgan fingerprint density at radius 3 is 2.21 bits per heavy atom. The van der Waals surface area contributed by atoms with Crippen molar-refractivity contribution in [3.8, 4) is 17.5 Å². The quantitative estimate of drug-likeness (QED) is 0.935. The molecule has 0 unspecified atom stereocenters. The molecule has 0 saturated carbocycles. The molecule has 0 saturated heterocycles. The molecule has 0 aliphatic rings. The lowest BCUT2D eigenvalue weighted by atomic mass is 10.1. The van der Waals surface area contributed by atoms with Crippen molar-refractivity contribution in [1.29, 1.82) is 0 Å². The van der Waals surface area contributed by atoms with Gasteiger partial charge in [-0.3, -0.25) is 0 Å². The molecule has 2 aromatic rings. The zero-order chi connectivity index (χ0) is 14.0. The number of aromatic nitrogens is 2. The molecule has 0 radical (unpaired) electrons. The highest BCUT2D eigenvalue weighted by molar-refractivity contribution is 6.30. The molecular formula is C13H14ClN3O2. The van der Waals surface area contributed by atoms with Gasteiger partial charge in [-0.15, -0.1) is 0 Å². The predicted molar refractivity (Wildman–Crippen MR) is 74.0 cm³/mol. The molecule has 1 heterocycles. The van der Waals surface area contributed by atoms with Gasteiger partial charge in [-0.25, -0.2) is 0 Å². The maximum absolute atomic E-state index is 5.98. The second kappa shape index (κ2) is 5.32. The van der Waals surface area contributed by atoms with Crippen molar-refractivity contribution >= 4 is 17.5 Å². The molecule has 0 spiro atoms. The van der Waals surface area contributed by atoms with Gasteiger partial charge >= 0.3 is 0 Å². The number of nitrogen functional groups attached to an aromatic ring is 1. The first-order valence-corrected chi connectivity index (χ1v) is 6.00. The summed E-state index contributed by atoms with van der Waals surface area (Å²) in [5.41, 5.74) is 7.42. The highest BCUT2D eigenvalue weighted by Crippen LogP contribution is 2.31. The van der Waals surface area contributed by atoms with Crippen molar-refractivity contribution in [1.82, 2.24) is 9.97 Å². The summed E-state index contributed by atoms with van der Waals surface area (Å²) in [5.74, 6) is 1.48. The van der Waals surface area contributed by atoms with Crippen LogP contribution in [0.2, 0.25) is 5.02 Å². The molecule has 100 valence electrons. The van der Waals surface area contributed by atoms with Crippen LogP contribution in [0.4, 0.5) is 5.95 Å². The second-order valence-corrected chi connectivity index (χ2v) is 4.51. The van der Waals surface area contributed by atoms with E-state index in [2.05, 4.69) is 9.97 Å². The first kappa shape index (κ1) is 13.4. The van der Waals surface area contributed by atoms with E-state index < -0.39 is 0 Å². The van der Waals surface area contributed by atoms with E-state index in [1.54, 1.807) is 6.07 Å². The molecule has 2 N–H and O–H groups in total. The minimum atomic E-state index is 0.0959. The first-order valence-electron chi connectivity index (χ1n) is 5.62. The zero-order valence-electron chi connectivity index (χ0n) is 10.9. The number of benzene rings is 1. The molecule has 2 rings (SSSR count). The topological polar surface area (TPSA) is 70.3 Å². The Hall–Kier alpha value is -2.01. The third kappa shape index (κ3) is 3.06. The normalized spacial score (nSPS) is 10.3. The van der Waals surface area contributed by atoms with E-state index in [9.17, 15) is 0 Å². The van der Waals surface area contributed by atoms with Gasteiger partial charge in [0.15, 0.2) is 0 Å². The Kier molecular flexibility index (Phi) is 3.76. The number of aryl methyl sites for hydroxylation is 2. The smallest absolute Gasteiger partial charge is 0.227 e. The van der Waals surface area contributed by atoms with Crippen LogP contribution >= 0.6 is 11.6 Å². The minimum Gasteiger partial charge on any atom is -0.481 e. The summed E-state index contributed by atoms with van der Waals surface area (Å²) in [6, 6.07) is 5.22. The summed E-state index contributed by atoms with van der Waals surface area (Å²) in [6.07, 6.45) is 0. The standard InChI is InChI=1S/C13H14ClN3O2/c1-7-4-9(14)5-8(2)12(7)19-11-6-10(18-3)16-13(15)17-11/h4-6H,1-3H3,(H2,15,16,17). The third-order valence-electron chi connectivity index (χ3n) is 2.54. The number of rotatable bonds is 3. The highest BCUT2D eigenvalue weighted by atomic mass is 35.5. The van der Waals surface area contributed by atoms with Crippen molar-refractivity contribution in [2.24, 2.45) is 0 Å².